The largest absolute Gasteiger partial charge is 0.497 e. The van der Waals surface area contributed by atoms with E-state index < -0.39 is 11.6 Å². The number of halogens is 2. The number of methoxy groups -OCH3 is 1. The second-order valence-electron chi connectivity index (χ2n) is 4.32. The van der Waals surface area contributed by atoms with Crippen molar-refractivity contribution in [2.75, 3.05) is 24.4 Å². The molecule has 0 bridgehead atoms. The molecular formula is C14H16F2N4O. The minimum atomic E-state index is -0.839. The van der Waals surface area contributed by atoms with Crippen LogP contribution in [0.2, 0.25) is 0 Å². The van der Waals surface area contributed by atoms with Gasteiger partial charge in [-0.15, -0.1) is 0 Å². The summed E-state index contributed by atoms with van der Waals surface area (Å²) >= 11 is 0. The van der Waals surface area contributed by atoms with Crippen LogP contribution in [-0.4, -0.2) is 18.6 Å². The number of hydrogen-bond acceptors (Lipinski definition) is 5. The first-order valence-corrected chi connectivity index (χ1v) is 6.33. The number of hydrogen-bond donors (Lipinski definition) is 3. The number of rotatable bonds is 6. The highest BCUT2D eigenvalue weighted by Crippen LogP contribution is 2.18. The van der Waals surface area contributed by atoms with E-state index in [1.54, 1.807) is 7.11 Å². The lowest BCUT2D eigenvalue weighted by molar-refractivity contribution is 0.414. The van der Waals surface area contributed by atoms with Gasteiger partial charge < -0.3 is 15.5 Å². The van der Waals surface area contributed by atoms with E-state index >= 15 is 0 Å². The van der Waals surface area contributed by atoms with Gasteiger partial charge in [0.15, 0.2) is 23.3 Å². The highest BCUT2D eigenvalue weighted by Gasteiger charge is 2.10. The zero-order valence-corrected chi connectivity index (χ0v) is 11.5. The topological polar surface area (TPSA) is 72.2 Å². The Bertz CT molecular complexity index is 622. The Morgan fingerprint density at radius 2 is 1.95 bits per heavy atom. The SMILES string of the molecule is COc1cccc(CCNc2nc(NN)c(F)cc2F)c1. The van der Waals surface area contributed by atoms with Crippen LogP contribution in [0.4, 0.5) is 20.4 Å². The minimum Gasteiger partial charge on any atom is -0.497 e. The van der Waals surface area contributed by atoms with E-state index in [2.05, 4.69) is 15.7 Å². The van der Waals surface area contributed by atoms with Crippen LogP contribution in [0.25, 0.3) is 0 Å². The molecule has 0 atom stereocenters. The van der Waals surface area contributed by atoms with E-state index in [0.29, 0.717) is 13.0 Å². The molecule has 0 aliphatic rings. The van der Waals surface area contributed by atoms with Gasteiger partial charge >= 0.3 is 0 Å². The van der Waals surface area contributed by atoms with Gasteiger partial charge in [0.1, 0.15) is 5.75 Å². The second-order valence-corrected chi connectivity index (χ2v) is 4.32. The van der Waals surface area contributed by atoms with E-state index in [-0.39, 0.29) is 11.6 Å². The fourth-order valence-corrected chi connectivity index (χ4v) is 1.84. The van der Waals surface area contributed by atoms with Crippen LogP contribution in [0, 0.1) is 11.6 Å². The summed E-state index contributed by atoms with van der Waals surface area (Å²) in [5, 5.41) is 2.81. The maximum absolute atomic E-state index is 13.6. The van der Waals surface area contributed by atoms with E-state index in [0.717, 1.165) is 17.4 Å². The average Bonchev–Trinajstić information content (AvgIpc) is 2.49. The first-order valence-electron chi connectivity index (χ1n) is 6.33. The molecule has 0 saturated carbocycles. The van der Waals surface area contributed by atoms with Crippen LogP contribution >= 0.6 is 0 Å². The van der Waals surface area contributed by atoms with Crippen molar-refractivity contribution in [3.8, 4) is 5.75 Å². The molecule has 0 spiro atoms. The lowest BCUT2D eigenvalue weighted by atomic mass is 10.1. The zero-order chi connectivity index (χ0) is 15.2. The van der Waals surface area contributed by atoms with Crippen LogP contribution in [0.3, 0.4) is 0 Å². The van der Waals surface area contributed by atoms with Crippen molar-refractivity contribution < 1.29 is 13.5 Å². The summed E-state index contributed by atoms with van der Waals surface area (Å²) in [6.07, 6.45) is 0.640. The molecule has 1 heterocycles. The lowest BCUT2D eigenvalue weighted by Crippen LogP contribution is -2.14. The van der Waals surface area contributed by atoms with Gasteiger partial charge in [0.2, 0.25) is 0 Å². The molecule has 2 aromatic rings. The van der Waals surface area contributed by atoms with Gasteiger partial charge in [-0.2, -0.15) is 0 Å². The van der Waals surface area contributed by atoms with Crippen molar-refractivity contribution in [3.63, 3.8) is 0 Å². The van der Waals surface area contributed by atoms with Gasteiger partial charge in [-0.05, 0) is 24.1 Å². The maximum Gasteiger partial charge on any atom is 0.178 e. The number of benzene rings is 1. The van der Waals surface area contributed by atoms with Gasteiger partial charge in [0.05, 0.1) is 7.11 Å². The van der Waals surface area contributed by atoms with E-state index in [4.69, 9.17) is 10.6 Å². The fourth-order valence-electron chi connectivity index (χ4n) is 1.84. The van der Waals surface area contributed by atoms with E-state index in [9.17, 15) is 8.78 Å². The molecule has 4 N–H and O–H groups in total. The Labute approximate surface area is 121 Å². The van der Waals surface area contributed by atoms with Crippen molar-refractivity contribution >= 4 is 11.6 Å². The van der Waals surface area contributed by atoms with Crippen molar-refractivity contribution in [1.29, 1.82) is 0 Å². The lowest BCUT2D eigenvalue weighted by Gasteiger charge is -2.10. The summed E-state index contributed by atoms with van der Waals surface area (Å²) in [6.45, 7) is 0.437. The molecule has 7 heteroatoms. The number of hydrazine groups is 1. The van der Waals surface area contributed by atoms with E-state index in [1.807, 2.05) is 24.3 Å². The predicted octanol–water partition coefficient (Wildman–Crippen LogP) is 2.31. The van der Waals surface area contributed by atoms with E-state index in [1.165, 1.54) is 0 Å². The summed E-state index contributed by atoms with van der Waals surface area (Å²) < 4.78 is 31.9. The molecule has 21 heavy (non-hydrogen) atoms. The quantitative estimate of drug-likeness (QED) is 0.563. The van der Waals surface area contributed by atoms with Gasteiger partial charge in [0, 0.05) is 12.6 Å². The molecule has 0 radical (unpaired) electrons. The average molecular weight is 294 g/mol. The number of aromatic nitrogens is 1. The number of nitrogen functional groups attached to an aromatic ring is 1. The highest BCUT2D eigenvalue weighted by atomic mass is 19.1. The molecule has 0 aliphatic carbocycles. The summed E-state index contributed by atoms with van der Waals surface area (Å²) in [5.74, 6) is 4.00. The molecule has 1 aromatic carbocycles. The minimum absolute atomic E-state index is 0.0488. The third-order valence-corrected chi connectivity index (χ3v) is 2.91. The highest BCUT2D eigenvalue weighted by molar-refractivity contribution is 5.47. The third kappa shape index (κ3) is 3.79. The molecule has 0 unspecified atom stereocenters. The molecule has 0 amide bonds. The molecule has 2 rings (SSSR count). The molecule has 1 aromatic heterocycles. The number of anilines is 2. The Morgan fingerprint density at radius 1 is 1.19 bits per heavy atom. The van der Waals surface area contributed by atoms with Gasteiger partial charge in [-0.3, -0.25) is 0 Å². The van der Waals surface area contributed by atoms with Gasteiger partial charge in [-0.1, -0.05) is 12.1 Å². The van der Waals surface area contributed by atoms with Crippen molar-refractivity contribution in [2.24, 2.45) is 5.84 Å². The molecule has 5 nitrogen and oxygen atoms in total. The van der Waals surface area contributed by atoms with Gasteiger partial charge in [0.25, 0.3) is 0 Å². The standard InChI is InChI=1S/C14H16F2N4O/c1-21-10-4-2-3-9(7-10)5-6-18-13-11(15)8-12(16)14(19-13)20-17/h2-4,7-8H,5-6,17H2,1H3,(H2,18,19,20). The number of nitrogens with zero attached hydrogens (tertiary/aromatic N) is 1. The first kappa shape index (κ1) is 15.0. The van der Waals surface area contributed by atoms with Crippen LogP contribution in [0.15, 0.2) is 30.3 Å². The summed E-state index contributed by atoms with van der Waals surface area (Å²) in [5.41, 5.74) is 3.11. The Balaban J connectivity index is 2.00. The molecule has 0 fully saturated rings. The first-order chi connectivity index (χ1) is 10.1. The van der Waals surface area contributed by atoms with Crippen LogP contribution < -0.4 is 21.3 Å². The van der Waals surface area contributed by atoms with Crippen molar-refractivity contribution in [1.82, 2.24) is 4.98 Å². The molecular weight excluding hydrogens is 278 g/mol. The Kier molecular flexibility index (Phi) is 4.89. The number of pyridine rings is 1. The number of nitrogens with two attached hydrogens (primary N) is 1. The molecule has 0 aliphatic heterocycles. The van der Waals surface area contributed by atoms with Crippen LogP contribution in [-0.2, 0) is 6.42 Å². The van der Waals surface area contributed by atoms with Gasteiger partial charge in [-0.25, -0.2) is 19.6 Å². The third-order valence-electron chi connectivity index (χ3n) is 2.91. The fraction of sp³-hybridized carbons (Fsp3) is 0.214. The molecule has 112 valence electrons. The van der Waals surface area contributed by atoms with Crippen LogP contribution in [0.5, 0.6) is 5.75 Å². The monoisotopic (exact) mass is 294 g/mol. The predicted molar refractivity (Wildman–Crippen MR) is 77.2 cm³/mol. The van der Waals surface area contributed by atoms with Crippen molar-refractivity contribution in [3.05, 3.63) is 47.5 Å². The smallest absolute Gasteiger partial charge is 0.178 e. The normalized spacial score (nSPS) is 10.3. The van der Waals surface area contributed by atoms with Crippen molar-refractivity contribution in [2.45, 2.75) is 6.42 Å². The Morgan fingerprint density at radius 3 is 2.67 bits per heavy atom. The zero-order valence-electron chi connectivity index (χ0n) is 11.5. The maximum atomic E-state index is 13.6. The summed E-state index contributed by atoms with van der Waals surface area (Å²) in [7, 11) is 1.59. The van der Waals surface area contributed by atoms with Crippen LogP contribution in [0.1, 0.15) is 5.56 Å². The Hall–Kier alpha value is -2.41. The number of ether oxygens (including phenoxy) is 1. The number of nitrogens with one attached hydrogen (secondary N) is 2. The summed E-state index contributed by atoms with van der Waals surface area (Å²) in [6, 6.07) is 8.28. The second kappa shape index (κ2) is 6.85. The summed E-state index contributed by atoms with van der Waals surface area (Å²) in [4.78, 5) is 3.73. The molecule has 0 saturated heterocycles.